The predicted molar refractivity (Wildman–Crippen MR) is 114 cm³/mol. The first kappa shape index (κ1) is 21.2. The average molecular weight is 488 g/mol. The molecule has 0 unspecified atom stereocenters. The quantitative estimate of drug-likeness (QED) is 0.583. The Morgan fingerprint density at radius 3 is 2.48 bits per heavy atom. The van der Waals surface area contributed by atoms with Crippen LogP contribution in [0.3, 0.4) is 0 Å². The van der Waals surface area contributed by atoms with Crippen LogP contribution < -0.4 is 10.6 Å². The number of carbonyl (C=O) groups is 1. The minimum Gasteiger partial charge on any atom is -0.384 e. The molecule has 2 aromatic rings. The Balaban J connectivity index is 1.94. The summed E-state index contributed by atoms with van der Waals surface area (Å²) in [5.74, 6) is -0.725. The van der Waals surface area contributed by atoms with Crippen LogP contribution in [0.1, 0.15) is 36.3 Å². The molecular weight excluding hydrogens is 471 g/mol. The highest BCUT2D eigenvalue weighted by atomic mass is 79.9. The molecule has 1 aliphatic heterocycles. The first-order valence-corrected chi connectivity index (χ1v) is 10.4. The fourth-order valence-electron chi connectivity index (χ4n) is 4.19. The first-order valence-electron chi connectivity index (χ1n) is 9.61. The number of anilines is 1. The lowest BCUT2D eigenvalue weighted by Gasteiger charge is -2.39. The van der Waals surface area contributed by atoms with Gasteiger partial charge < -0.3 is 5.73 Å². The van der Waals surface area contributed by atoms with Crippen LogP contribution in [0.15, 0.2) is 75.7 Å². The predicted octanol–water partition coefficient (Wildman–Crippen LogP) is 5.77. The van der Waals surface area contributed by atoms with Crippen molar-refractivity contribution in [2.24, 2.45) is 5.73 Å². The number of alkyl halides is 3. The topological polar surface area (TPSA) is 70.1 Å². The van der Waals surface area contributed by atoms with E-state index >= 15 is 0 Å². The van der Waals surface area contributed by atoms with E-state index in [1.807, 2.05) is 24.3 Å². The number of rotatable bonds is 2. The lowest BCUT2D eigenvalue weighted by molar-refractivity contribution is -0.137. The number of Topliss-reactive ketones (excluding diaryl/α,β-unsaturated/α-hetero) is 1. The van der Waals surface area contributed by atoms with Crippen molar-refractivity contribution < 1.29 is 18.0 Å². The zero-order valence-electron chi connectivity index (χ0n) is 16.2. The smallest absolute Gasteiger partial charge is 0.384 e. The molecule has 0 aromatic heterocycles. The maximum Gasteiger partial charge on any atom is 0.416 e. The molecular formula is C23H17BrF3N3O. The highest BCUT2D eigenvalue weighted by molar-refractivity contribution is 9.10. The number of nitrogens with two attached hydrogens (primary N) is 1. The molecule has 4 rings (SSSR count). The van der Waals surface area contributed by atoms with Gasteiger partial charge in [0.2, 0.25) is 0 Å². The Labute approximate surface area is 185 Å². The summed E-state index contributed by atoms with van der Waals surface area (Å²) in [7, 11) is 0. The lowest BCUT2D eigenvalue weighted by atomic mass is 9.75. The Kier molecular flexibility index (Phi) is 5.40. The van der Waals surface area contributed by atoms with E-state index in [0.717, 1.165) is 22.2 Å². The molecule has 1 aliphatic carbocycles. The third-order valence-electron chi connectivity index (χ3n) is 5.55. The van der Waals surface area contributed by atoms with Crippen molar-refractivity contribution in [2.45, 2.75) is 31.4 Å². The van der Waals surface area contributed by atoms with E-state index in [4.69, 9.17) is 5.73 Å². The molecule has 0 fully saturated rings. The van der Waals surface area contributed by atoms with Gasteiger partial charge in [-0.05, 0) is 48.7 Å². The standard InChI is InChI=1S/C23H17BrF3N3O/c24-15-9-7-13(8-10-15)20-17(12-28)22(29)30(18-5-2-6-19(31)21(18)20)16-4-1-3-14(11-16)23(25,26)27/h1,3-4,7-11,20H,2,5-6,29H2/t20-/m1/s1. The zero-order chi connectivity index (χ0) is 22.3. The minimum absolute atomic E-state index is 0.0446. The van der Waals surface area contributed by atoms with Crippen molar-refractivity contribution in [1.82, 2.24) is 0 Å². The van der Waals surface area contributed by atoms with Crippen LogP contribution in [0.2, 0.25) is 0 Å². The van der Waals surface area contributed by atoms with Crippen LogP contribution in [0.5, 0.6) is 0 Å². The fraction of sp³-hybridized carbons (Fsp3) is 0.217. The van der Waals surface area contributed by atoms with Gasteiger partial charge >= 0.3 is 6.18 Å². The van der Waals surface area contributed by atoms with E-state index in [1.54, 1.807) is 0 Å². The molecule has 31 heavy (non-hydrogen) atoms. The summed E-state index contributed by atoms with van der Waals surface area (Å²) < 4.78 is 40.8. The highest BCUT2D eigenvalue weighted by Gasteiger charge is 2.40. The summed E-state index contributed by atoms with van der Waals surface area (Å²) in [5.41, 5.74) is 7.60. The first-order chi connectivity index (χ1) is 14.7. The van der Waals surface area contributed by atoms with Gasteiger partial charge in [0.15, 0.2) is 5.78 Å². The Morgan fingerprint density at radius 2 is 1.84 bits per heavy atom. The zero-order valence-corrected chi connectivity index (χ0v) is 17.8. The van der Waals surface area contributed by atoms with Crippen molar-refractivity contribution in [3.05, 3.63) is 86.8 Å². The van der Waals surface area contributed by atoms with E-state index in [-0.39, 0.29) is 22.9 Å². The molecule has 0 bridgehead atoms. The minimum atomic E-state index is -4.53. The molecule has 2 N–H and O–H groups in total. The summed E-state index contributed by atoms with van der Waals surface area (Å²) in [6.45, 7) is 0. The monoisotopic (exact) mass is 487 g/mol. The average Bonchev–Trinajstić information content (AvgIpc) is 2.73. The molecule has 0 amide bonds. The van der Waals surface area contributed by atoms with E-state index in [0.29, 0.717) is 30.5 Å². The van der Waals surface area contributed by atoms with Gasteiger partial charge in [-0.2, -0.15) is 18.4 Å². The number of hydrogen-bond donors (Lipinski definition) is 1. The molecule has 158 valence electrons. The van der Waals surface area contributed by atoms with Gasteiger partial charge in [-0.3, -0.25) is 9.69 Å². The number of hydrogen-bond acceptors (Lipinski definition) is 4. The van der Waals surface area contributed by atoms with Crippen molar-refractivity contribution in [3.63, 3.8) is 0 Å². The summed E-state index contributed by atoms with van der Waals surface area (Å²) in [6, 6.07) is 14.1. The normalized spacial score (nSPS) is 19.4. The Hall–Kier alpha value is -3.05. The second kappa shape index (κ2) is 7.89. The Bertz CT molecular complexity index is 1160. The van der Waals surface area contributed by atoms with Gasteiger partial charge in [-0.15, -0.1) is 0 Å². The summed E-state index contributed by atoms with van der Waals surface area (Å²) in [6.07, 6.45) is -3.16. The highest BCUT2D eigenvalue weighted by Crippen LogP contribution is 2.46. The van der Waals surface area contributed by atoms with E-state index in [1.165, 1.54) is 17.0 Å². The number of ketones is 1. The molecule has 8 heteroatoms. The fourth-order valence-corrected chi connectivity index (χ4v) is 4.46. The third kappa shape index (κ3) is 3.74. The molecule has 1 atom stereocenters. The maximum absolute atomic E-state index is 13.3. The van der Waals surface area contributed by atoms with Crippen LogP contribution in [0.4, 0.5) is 18.9 Å². The van der Waals surface area contributed by atoms with E-state index in [2.05, 4.69) is 22.0 Å². The summed E-state index contributed by atoms with van der Waals surface area (Å²) >= 11 is 3.38. The molecule has 0 spiro atoms. The maximum atomic E-state index is 13.3. The molecule has 2 aliphatic rings. The molecule has 2 aromatic carbocycles. The third-order valence-corrected chi connectivity index (χ3v) is 6.08. The number of benzene rings is 2. The van der Waals surface area contributed by atoms with Crippen LogP contribution in [0.25, 0.3) is 0 Å². The number of allylic oxidation sites excluding steroid dienone is 3. The van der Waals surface area contributed by atoms with Crippen molar-refractivity contribution in [2.75, 3.05) is 4.90 Å². The molecule has 0 saturated carbocycles. The summed E-state index contributed by atoms with van der Waals surface area (Å²) in [4.78, 5) is 14.4. The van der Waals surface area contributed by atoms with E-state index < -0.39 is 17.7 Å². The van der Waals surface area contributed by atoms with Crippen molar-refractivity contribution in [1.29, 1.82) is 5.26 Å². The van der Waals surface area contributed by atoms with Gasteiger partial charge in [0.05, 0.1) is 23.1 Å². The van der Waals surface area contributed by atoms with Crippen LogP contribution >= 0.6 is 15.9 Å². The van der Waals surface area contributed by atoms with Gasteiger partial charge in [-0.1, -0.05) is 34.1 Å². The number of halogens is 4. The van der Waals surface area contributed by atoms with Gasteiger partial charge in [-0.25, -0.2) is 0 Å². The van der Waals surface area contributed by atoms with Crippen molar-refractivity contribution in [3.8, 4) is 6.07 Å². The largest absolute Gasteiger partial charge is 0.416 e. The molecule has 0 saturated heterocycles. The SMILES string of the molecule is N#CC1=C(N)N(c2cccc(C(F)(F)F)c2)C2=C(C(=O)CCC2)[C@@H]1c1ccc(Br)cc1. The second-order valence-corrected chi connectivity index (χ2v) is 8.33. The number of nitrogens with zero attached hydrogens (tertiary/aromatic N) is 2. The lowest BCUT2D eigenvalue weighted by Crippen LogP contribution is -2.38. The van der Waals surface area contributed by atoms with E-state index in [9.17, 15) is 23.2 Å². The van der Waals surface area contributed by atoms with Crippen LogP contribution in [-0.4, -0.2) is 5.78 Å². The van der Waals surface area contributed by atoms with Crippen LogP contribution in [-0.2, 0) is 11.0 Å². The van der Waals surface area contributed by atoms with Crippen molar-refractivity contribution >= 4 is 27.4 Å². The van der Waals surface area contributed by atoms with Gasteiger partial charge in [0.25, 0.3) is 0 Å². The van der Waals surface area contributed by atoms with Gasteiger partial charge in [0.1, 0.15) is 5.82 Å². The van der Waals surface area contributed by atoms with Crippen LogP contribution in [0, 0.1) is 11.3 Å². The Morgan fingerprint density at radius 1 is 1.13 bits per heavy atom. The molecule has 4 nitrogen and oxygen atoms in total. The second-order valence-electron chi connectivity index (χ2n) is 7.42. The summed E-state index contributed by atoms with van der Waals surface area (Å²) in [5, 5.41) is 9.94. The number of carbonyl (C=O) groups excluding carboxylic acids is 1. The molecule has 0 radical (unpaired) electrons. The number of nitriles is 1. The van der Waals surface area contributed by atoms with Gasteiger partial charge in [0, 0.05) is 27.9 Å². The molecule has 1 heterocycles.